The van der Waals surface area contributed by atoms with Crippen LogP contribution >= 0.6 is 23.4 Å². The fourth-order valence-corrected chi connectivity index (χ4v) is 4.60. The molecule has 4 nitrogen and oxygen atoms in total. The SMILES string of the molecule is O=C1/C(=C/c2ccc(-c3ccccc3Cl)o2)C(CSc2ccccc2)=NN1c1ccccc1. The van der Waals surface area contributed by atoms with Crippen LogP contribution in [0.1, 0.15) is 5.76 Å². The van der Waals surface area contributed by atoms with E-state index in [2.05, 4.69) is 5.10 Å². The van der Waals surface area contributed by atoms with E-state index >= 15 is 0 Å². The van der Waals surface area contributed by atoms with Crippen molar-refractivity contribution in [2.24, 2.45) is 5.10 Å². The van der Waals surface area contributed by atoms with Crippen molar-refractivity contribution in [1.82, 2.24) is 0 Å². The minimum atomic E-state index is -0.180. The molecule has 162 valence electrons. The Morgan fingerprint density at radius 3 is 2.33 bits per heavy atom. The molecule has 0 fully saturated rings. The molecule has 0 spiro atoms. The van der Waals surface area contributed by atoms with E-state index in [1.54, 1.807) is 17.8 Å². The average Bonchev–Trinajstić information content (AvgIpc) is 3.44. The third-order valence-electron chi connectivity index (χ3n) is 5.13. The topological polar surface area (TPSA) is 45.8 Å². The zero-order valence-corrected chi connectivity index (χ0v) is 19.1. The van der Waals surface area contributed by atoms with Crippen LogP contribution < -0.4 is 5.01 Å². The predicted molar refractivity (Wildman–Crippen MR) is 136 cm³/mol. The van der Waals surface area contributed by atoms with Gasteiger partial charge in [-0.1, -0.05) is 60.1 Å². The average molecular weight is 471 g/mol. The maximum absolute atomic E-state index is 13.3. The fraction of sp³-hybridized carbons (Fsp3) is 0.0370. The number of thioether (sulfide) groups is 1. The van der Waals surface area contributed by atoms with Gasteiger partial charge >= 0.3 is 0 Å². The van der Waals surface area contributed by atoms with Gasteiger partial charge < -0.3 is 4.42 Å². The Kier molecular flexibility index (Phi) is 6.15. The Morgan fingerprint density at radius 2 is 1.58 bits per heavy atom. The molecule has 0 N–H and O–H groups in total. The first-order chi connectivity index (χ1) is 16.2. The summed E-state index contributed by atoms with van der Waals surface area (Å²) in [7, 11) is 0. The molecule has 1 amide bonds. The molecule has 2 heterocycles. The normalized spacial score (nSPS) is 14.7. The molecule has 1 aliphatic rings. The Balaban J connectivity index is 1.47. The standard InChI is InChI=1S/C27H19ClN2O2S/c28-24-14-8-7-13-22(24)26-16-15-20(32-26)17-23-25(18-33-21-11-5-2-6-12-21)29-30(27(23)31)19-9-3-1-4-10-19/h1-17H,18H2/b23-17+. The first kappa shape index (κ1) is 21.3. The third kappa shape index (κ3) is 4.65. The number of furan rings is 1. The summed E-state index contributed by atoms with van der Waals surface area (Å²) in [5, 5.41) is 6.72. The molecular weight excluding hydrogens is 452 g/mol. The van der Waals surface area contributed by atoms with Crippen LogP contribution in [0.15, 0.2) is 117 Å². The highest BCUT2D eigenvalue weighted by atomic mass is 35.5. The number of hydrazone groups is 1. The van der Waals surface area contributed by atoms with Crippen LogP contribution in [0.4, 0.5) is 5.69 Å². The molecule has 1 aliphatic heterocycles. The molecule has 0 aliphatic carbocycles. The van der Waals surface area contributed by atoms with Crippen LogP contribution in [0.2, 0.25) is 5.02 Å². The zero-order chi connectivity index (χ0) is 22.6. The molecule has 5 rings (SSSR count). The molecular formula is C27H19ClN2O2S. The van der Waals surface area contributed by atoms with Gasteiger partial charge in [-0.2, -0.15) is 10.1 Å². The molecule has 0 saturated heterocycles. The second-order valence-corrected chi connectivity index (χ2v) is 8.80. The van der Waals surface area contributed by atoms with Gasteiger partial charge in [-0.25, -0.2) is 0 Å². The third-order valence-corrected chi connectivity index (χ3v) is 6.48. The molecule has 6 heteroatoms. The zero-order valence-electron chi connectivity index (χ0n) is 17.5. The van der Waals surface area contributed by atoms with E-state index in [0.29, 0.717) is 33.6 Å². The Bertz CT molecular complexity index is 1350. The second kappa shape index (κ2) is 9.53. The van der Waals surface area contributed by atoms with Crippen LogP contribution in [0, 0.1) is 0 Å². The van der Waals surface area contributed by atoms with Gasteiger partial charge in [0.2, 0.25) is 0 Å². The summed E-state index contributed by atoms with van der Waals surface area (Å²) < 4.78 is 6.02. The summed E-state index contributed by atoms with van der Waals surface area (Å²) in [5.41, 5.74) is 2.75. The lowest BCUT2D eigenvalue weighted by Gasteiger charge is -2.10. The highest BCUT2D eigenvalue weighted by molar-refractivity contribution is 8.00. The van der Waals surface area contributed by atoms with Crippen molar-refractivity contribution in [2.45, 2.75) is 4.90 Å². The minimum absolute atomic E-state index is 0.180. The maximum Gasteiger partial charge on any atom is 0.280 e. The molecule has 33 heavy (non-hydrogen) atoms. The molecule has 1 aromatic heterocycles. The summed E-state index contributed by atoms with van der Waals surface area (Å²) in [6.07, 6.45) is 1.76. The molecule has 4 aromatic rings. The van der Waals surface area contributed by atoms with Gasteiger partial charge in [0.1, 0.15) is 11.5 Å². The predicted octanol–water partition coefficient (Wildman–Crippen LogP) is 7.18. The van der Waals surface area contributed by atoms with Crippen molar-refractivity contribution in [2.75, 3.05) is 10.8 Å². The van der Waals surface area contributed by atoms with Crippen molar-refractivity contribution >= 4 is 46.7 Å². The summed E-state index contributed by atoms with van der Waals surface area (Å²) in [6.45, 7) is 0. The number of carbonyl (C=O) groups is 1. The first-order valence-corrected chi connectivity index (χ1v) is 11.8. The number of benzene rings is 3. The van der Waals surface area contributed by atoms with Gasteiger partial charge in [-0.05, 0) is 54.6 Å². The maximum atomic E-state index is 13.3. The summed E-state index contributed by atoms with van der Waals surface area (Å²) in [4.78, 5) is 14.4. The Hall–Kier alpha value is -3.54. The smallest absolute Gasteiger partial charge is 0.280 e. The van der Waals surface area contributed by atoms with E-state index < -0.39 is 0 Å². The van der Waals surface area contributed by atoms with Crippen molar-refractivity contribution in [1.29, 1.82) is 0 Å². The van der Waals surface area contributed by atoms with Gasteiger partial charge in [0.25, 0.3) is 5.91 Å². The van der Waals surface area contributed by atoms with Crippen molar-refractivity contribution in [3.63, 3.8) is 0 Å². The lowest BCUT2D eigenvalue weighted by molar-refractivity contribution is -0.114. The first-order valence-electron chi connectivity index (χ1n) is 10.4. The number of anilines is 1. The monoisotopic (exact) mass is 470 g/mol. The largest absolute Gasteiger partial charge is 0.457 e. The number of rotatable bonds is 6. The van der Waals surface area contributed by atoms with Crippen LogP contribution in [0.5, 0.6) is 0 Å². The number of para-hydroxylation sites is 1. The lowest BCUT2D eigenvalue weighted by Crippen LogP contribution is -2.21. The number of hydrogen-bond donors (Lipinski definition) is 0. The molecule has 0 radical (unpaired) electrons. The van der Waals surface area contributed by atoms with E-state index in [1.165, 1.54) is 5.01 Å². The van der Waals surface area contributed by atoms with E-state index in [9.17, 15) is 4.79 Å². The van der Waals surface area contributed by atoms with Gasteiger partial charge in [-0.15, -0.1) is 11.8 Å². The summed E-state index contributed by atoms with van der Waals surface area (Å²) in [5.74, 6) is 1.60. The molecule has 3 aromatic carbocycles. The summed E-state index contributed by atoms with van der Waals surface area (Å²) in [6, 6.07) is 30.7. The number of hydrogen-bond acceptors (Lipinski definition) is 4. The van der Waals surface area contributed by atoms with Gasteiger partial charge in [0, 0.05) is 16.2 Å². The van der Waals surface area contributed by atoms with Gasteiger partial charge in [0.05, 0.1) is 22.0 Å². The Morgan fingerprint density at radius 1 is 0.879 bits per heavy atom. The number of carbonyl (C=O) groups excluding carboxylic acids is 1. The lowest BCUT2D eigenvalue weighted by atomic mass is 10.1. The van der Waals surface area contributed by atoms with Crippen LogP contribution in [0.3, 0.4) is 0 Å². The number of nitrogens with zero attached hydrogens (tertiary/aromatic N) is 2. The van der Waals surface area contributed by atoms with E-state index in [-0.39, 0.29) is 5.91 Å². The fourth-order valence-electron chi connectivity index (χ4n) is 3.50. The highest BCUT2D eigenvalue weighted by Crippen LogP contribution is 2.32. The molecule has 0 unspecified atom stereocenters. The van der Waals surface area contributed by atoms with Crippen LogP contribution in [-0.2, 0) is 4.79 Å². The van der Waals surface area contributed by atoms with Crippen molar-refractivity contribution < 1.29 is 9.21 Å². The summed E-state index contributed by atoms with van der Waals surface area (Å²) >= 11 is 7.95. The van der Waals surface area contributed by atoms with E-state index in [0.717, 1.165) is 16.1 Å². The van der Waals surface area contributed by atoms with E-state index in [4.69, 9.17) is 16.0 Å². The van der Waals surface area contributed by atoms with Crippen LogP contribution in [-0.4, -0.2) is 17.4 Å². The van der Waals surface area contributed by atoms with Gasteiger partial charge in [0.15, 0.2) is 0 Å². The molecule has 0 saturated carbocycles. The van der Waals surface area contributed by atoms with Gasteiger partial charge in [-0.3, -0.25) is 4.79 Å². The Labute approximate surface area is 201 Å². The van der Waals surface area contributed by atoms with Crippen LogP contribution in [0.25, 0.3) is 17.4 Å². The second-order valence-electron chi connectivity index (χ2n) is 7.34. The highest BCUT2D eigenvalue weighted by Gasteiger charge is 2.31. The number of amides is 1. The van der Waals surface area contributed by atoms with Crippen molar-refractivity contribution in [3.8, 4) is 11.3 Å². The quantitative estimate of drug-likeness (QED) is 0.221. The minimum Gasteiger partial charge on any atom is -0.457 e. The van der Waals surface area contributed by atoms with Crippen molar-refractivity contribution in [3.05, 3.63) is 113 Å². The number of halogens is 1. The molecule has 0 atom stereocenters. The van der Waals surface area contributed by atoms with E-state index in [1.807, 2.05) is 97.1 Å². The molecule has 0 bridgehead atoms.